The Morgan fingerprint density at radius 2 is 1.93 bits per heavy atom. The molecule has 80 valence electrons. The summed E-state index contributed by atoms with van der Waals surface area (Å²) in [5.41, 5.74) is 0. The summed E-state index contributed by atoms with van der Waals surface area (Å²) in [4.78, 5) is 0. The molecule has 0 aliphatic heterocycles. The fourth-order valence-corrected chi connectivity index (χ4v) is 2.20. The van der Waals surface area contributed by atoms with Gasteiger partial charge in [0, 0.05) is 0 Å². The molecule has 1 unspecified atom stereocenters. The Kier molecular flexibility index (Phi) is 5.71. The van der Waals surface area contributed by atoms with Gasteiger partial charge in [-0.1, -0.05) is 38.5 Å². The summed E-state index contributed by atoms with van der Waals surface area (Å²) in [5, 5.41) is 3.48. The van der Waals surface area contributed by atoms with Gasteiger partial charge in [-0.15, -0.1) is 6.42 Å². The van der Waals surface area contributed by atoms with Crippen LogP contribution < -0.4 is 5.32 Å². The summed E-state index contributed by atoms with van der Waals surface area (Å²) in [6.45, 7) is 3.27. The second-order valence-electron chi connectivity index (χ2n) is 4.39. The topological polar surface area (TPSA) is 12.0 Å². The van der Waals surface area contributed by atoms with Crippen LogP contribution in [0.5, 0.6) is 0 Å². The molecule has 1 saturated carbocycles. The molecular formula is C13H23N. The van der Waals surface area contributed by atoms with Gasteiger partial charge in [0.15, 0.2) is 0 Å². The summed E-state index contributed by atoms with van der Waals surface area (Å²) in [6.07, 6.45) is 15.0. The molecule has 0 heterocycles. The molecule has 1 N–H and O–H groups in total. The van der Waals surface area contributed by atoms with Gasteiger partial charge in [-0.05, 0) is 31.7 Å². The summed E-state index contributed by atoms with van der Waals surface area (Å²) in [5.74, 6) is 3.67. The van der Waals surface area contributed by atoms with Crippen LogP contribution in [-0.4, -0.2) is 12.6 Å². The fourth-order valence-electron chi connectivity index (χ4n) is 2.20. The van der Waals surface area contributed by atoms with Crippen LogP contribution in [0.1, 0.15) is 51.9 Å². The van der Waals surface area contributed by atoms with Crippen molar-refractivity contribution in [3.8, 4) is 12.3 Å². The highest BCUT2D eigenvalue weighted by molar-refractivity contribution is 4.97. The summed E-state index contributed by atoms with van der Waals surface area (Å²) in [6, 6.07) is 0.290. The highest BCUT2D eigenvalue weighted by Crippen LogP contribution is 2.22. The van der Waals surface area contributed by atoms with E-state index in [1.807, 2.05) is 0 Å². The van der Waals surface area contributed by atoms with Crippen LogP contribution in [0.15, 0.2) is 0 Å². The molecular weight excluding hydrogens is 170 g/mol. The monoisotopic (exact) mass is 193 g/mol. The zero-order valence-corrected chi connectivity index (χ0v) is 9.39. The van der Waals surface area contributed by atoms with Crippen LogP contribution >= 0.6 is 0 Å². The zero-order valence-electron chi connectivity index (χ0n) is 9.39. The largest absolute Gasteiger partial charge is 0.303 e. The molecule has 1 atom stereocenters. The predicted octanol–water partition coefficient (Wildman–Crippen LogP) is 2.96. The molecule has 1 rings (SSSR count). The smallest absolute Gasteiger partial charge is 0.0684 e. The van der Waals surface area contributed by atoms with Crippen LogP contribution in [0.3, 0.4) is 0 Å². The Morgan fingerprint density at radius 3 is 2.43 bits per heavy atom. The Morgan fingerprint density at radius 1 is 1.29 bits per heavy atom. The van der Waals surface area contributed by atoms with Crippen LogP contribution in [0.4, 0.5) is 0 Å². The first-order chi connectivity index (χ1) is 6.86. The van der Waals surface area contributed by atoms with Crippen LogP contribution in [0.25, 0.3) is 0 Å². The van der Waals surface area contributed by atoms with Crippen molar-refractivity contribution in [2.24, 2.45) is 5.92 Å². The van der Waals surface area contributed by atoms with E-state index >= 15 is 0 Å². The molecule has 0 bridgehead atoms. The van der Waals surface area contributed by atoms with E-state index in [0.29, 0.717) is 6.04 Å². The number of hydrogen-bond donors (Lipinski definition) is 1. The van der Waals surface area contributed by atoms with Crippen molar-refractivity contribution in [3.63, 3.8) is 0 Å². The fraction of sp³-hybridized carbons (Fsp3) is 0.846. The molecule has 0 spiro atoms. The van der Waals surface area contributed by atoms with E-state index in [-0.39, 0.29) is 0 Å². The van der Waals surface area contributed by atoms with Crippen molar-refractivity contribution in [1.29, 1.82) is 0 Å². The Balaban J connectivity index is 2.19. The van der Waals surface area contributed by atoms with Crippen molar-refractivity contribution in [2.45, 2.75) is 57.9 Å². The lowest BCUT2D eigenvalue weighted by Gasteiger charge is -2.17. The van der Waals surface area contributed by atoms with Gasteiger partial charge in [-0.2, -0.15) is 0 Å². The minimum atomic E-state index is 0.290. The summed E-state index contributed by atoms with van der Waals surface area (Å²) < 4.78 is 0. The van der Waals surface area contributed by atoms with Gasteiger partial charge in [0.25, 0.3) is 0 Å². The molecule has 0 saturated heterocycles. The maximum Gasteiger partial charge on any atom is 0.0684 e. The van der Waals surface area contributed by atoms with Gasteiger partial charge in [-0.3, -0.25) is 0 Å². The van der Waals surface area contributed by atoms with Crippen LogP contribution in [-0.2, 0) is 0 Å². The maximum atomic E-state index is 5.42. The number of rotatable bonds is 4. The predicted molar refractivity (Wildman–Crippen MR) is 62.1 cm³/mol. The minimum absolute atomic E-state index is 0.290. The van der Waals surface area contributed by atoms with E-state index in [4.69, 9.17) is 6.42 Å². The molecule has 1 aliphatic rings. The zero-order chi connectivity index (χ0) is 10.2. The van der Waals surface area contributed by atoms with Crippen molar-refractivity contribution >= 4 is 0 Å². The molecule has 0 radical (unpaired) electrons. The van der Waals surface area contributed by atoms with E-state index < -0.39 is 0 Å². The quantitative estimate of drug-likeness (QED) is 0.534. The van der Waals surface area contributed by atoms with Gasteiger partial charge in [0.1, 0.15) is 0 Å². The first-order valence-corrected chi connectivity index (χ1v) is 6.06. The molecule has 1 fully saturated rings. The third kappa shape index (κ3) is 4.15. The number of nitrogens with one attached hydrogen (secondary N) is 1. The van der Waals surface area contributed by atoms with E-state index in [1.165, 1.54) is 38.5 Å². The van der Waals surface area contributed by atoms with E-state index in [0.717, 1.165) is 18.9 Å². The first-order valence-electron chi connectivity index (χ1n) is 6.06. The summed E-state index contributed by atoms with van der Waals surface area (Å²) in [7, 11) is 0. The Hall–Kier alpha value is -0.480. The van der Waals surface area contributed by atoms with Crippen molar-refractivity contribution in [3.05, 3.63) is 0 Å². The van der Waals surface area contributed by atoms with Gasteiger partial charge in [0.2, 0.25) is 0 Å². The Labute approximate surface area is 88.7 Å². The highest BCUT2D eigenvalue weighted by Gasteiger charge is 2.12. The lowest BCUT2D eigenvalue weighted by atomic mass is 10.00. The normalized spacial score (nSPS) is 21.1. The second-order valence-corrected chi connectivity index (χ2v) is 4.39. The molecule has 0 aromatic rings. The van der Waals surface area contributed by atoms with Crippen molar-refractivity contribution < 1.29 is 0 Å². The van der Waals surface area contributed by atoms with Gasteiger partial charge < -0.3 is 5.32 Å². The third-order valence-electron chi connectivity index (χ3n) is 3.24. The van der Waals surface area contributed by atoms with Gasteiger partial charge in [0.05, 0.1) is 6.04 Å². The molecule has 14 heavy (non-hydrogen) atoms. The van der Waals surface area contributed by atoms with E-state index in [2.05, 4.69) is 18.2 Å². The highest BCUT2D eigenvalue weighted by atomic mass is 14.9. The SMILES string of the molecule is C#CC(CC)NCC1CCCCCC1. The van der Waals surface area contributed by atoms with Crippen LogP contribution in [0.2, 0.25) is 0 Å². The summed E-state index contributed by atoms with van der Waals surface area (Å²) >= 11 is 0. The lowest BCUT2D eigenvalue weighted by Crippen LogP contribution is -2.31. The third-order valence-corrected chi connectivity index (χ3v) is 3.24. The second kappa shape index (κ2) is 6.90. The average molecular weight is 193 g/mol. The van der Waals surface area contributed by atoms with E-state index in [1.54, 1.807) is 0 Å². The molecule has 1 heteroatoms. The van der Waals surface area contributed by atoms with Crippen molar-refractivity contribution in [2.75, 3.05) is 6.54 Å². The molecule has 0 aromatic carbocycles. The lowest BCUT2D eigenvalue weighted by molar-refractivity contribution is 0.410. The number of terminal acetylenes is 1. The van der Waals surface area contributed by atoms with Crippen LogP contribution in [0, 0.1) is 18.3 Å². The van der Waals surface area contributed by atoms with Gasteiger partial charge >= 0.3 is 0 Å². The van der Waals surface area contributed by atoms with Crippen molar-refractivity contribution in [1.82, 2.24) is 5.32 Å². The maximum absolute atomic E-state index is 5.42. The molecule has 1 nitrogen and oxygen atoms in total. The number of hydrogen-bond acceptors (Lipinski definition) is 1. The molecule has 0 aromatic heterocycles. The molecule has 0 amide bonds. The standard InChI is InChI=1S/C13H23N/c1-3-13(4-2)14-11-12-9-7-5-6-8-10-12/h1,12-14H,4-11H2,2H3. The first kappa shape index (κ1) is 11.6. The average Bonchev–Trinajstić information content (AvgIpc) is 2.48. The van der Waals surface area contributed by atoms with E-state index in [9.17, 15) is 0 Å². The molecule has 1 aliphatic carbocycles. The van der Waals surface area contributed by atoms with Gasteiger partial charge in [-0.25, -0.2) is 0 Å². The Bertz CT molecular complexity index is 172. The minimum Gasteiger partial charge on any atom is -0.303 e.